The number of aryl methyl sites for hydroxylation is 2. The largest absolute Gasteiger partial charge is 0.490 e. The Hall–Kier alpha value is -3.00. The molecule has 0 unspecified atom stereocenters. The van der Waals surface area contributed by atoms with E-state index in [4.69, 9.17) is 14.2 Å². The van der Waals surface area contributed by atoms with Gasteiger partial charge in [-0.2, -0.15) is 0 Å². The molecule has 2 aromatic rings. The SMILES string of the molecule is CCOc1cc(C(=O)N(c2ccc(C)c(C)c2)[C@H]2C=CS(=O)(=O)C2)cc(OCC)c1OCC. The molecule has 1 aliphatic rings. The Kier molecular flexibility index (Phi) is 7.68. The second-order valence-electron chi connectivity index (χ2n) is 7.77. The van der Waals surface area contributed by atoms with Crippen LogP contribution in [0.4, 0.5) is 5.69 Å². The van der Waals surface area contributed by atoms with Crippen molar-refractivity contribution in [1.29, 1.82) is 0 Å². The van der Waals surface area contributed by atoms with Gasteiger partial charge in [0.1, 0.15) is 0 Å². The van der Waals surface area contributed by atoms with E-state index in [1.807, 2.05) is 52.8 Å². The maximum absolute atomic E-state index is 13.9. The summed E-state index contributed by atoms with van der Waals surface area (Å²) in [5.74, 6) is 0.736. The third kappa shape index (κ3) is 5.50. The van der Waals surface area contributed by atoms with Crippen LogP contribution in [0.3, 0.4) is 0 Å². The van der Waals surface area contributed by atoms with E-state index in [-0.39, 0.29) is 11.7 Å². The molecule has 0 aliphatic carbocycles. The summed E-state index contributed by atoms with van der Waals surface area (Å²) in [5, 5.41) is 1.18. The second kappa shape index (κ2) is 10.3. The highest BCUT2D eigenvalue weighted by Crippen LogP contribution is 2.40. The number of rotatable bonds is 9. The summed E-state index contributed by atoms with van der Waals surface area (Å²) in [6.45, 7) is 10.7. The zero-order chi connectivity index (χ0) is 24.2. The summed E-state index contributed by atoms with van der Waals surface area (Å²) < 4.78 is 41.6. The van der Waals surface area contributed by atoms with Crippen LogP contribution in [0.2, 0.25) is 0 Å². The fourth-order valence-corrected chi connectivity index (χ4v) is 4.97. The van der Waals surface area contributed by atoms with Crippen molar-refractivity contribution in [2.45, 2.75) is 40.7 Å². The third-order valence-electron chi connectivity index (χ3n) is 5.39. The lowest BCUT2D eigenvalue weighted by Crippen LogP contribution is -2.41. The summed E-state index contributed by atoms with van der Waals surface area (Å²) in [7, 11) is -3.37. The van der Waals surface area contributed by atoms with Crippen LogP contribution in [0.15, 0.2) is 41.8 Å². The second-order valence-corrected chi connectivity index (χ2v) is 9.70. The summed E-state index contributed by atoms with van der Waals surface area (Å²) in [6.07, 6.45) is 1.56. The molecule has 2 aromatic carbocycles. The minimum absolute atomic E-state index is 0.167. The minimum Gasteiger partial charge on any atom is -0.490 e. The van der Waals surface area contributed by atoms with Gasteiger partial charge in [0.2, 0.25) is 5.75 Å². The zero-order valence-corrected chi connectivity index (χ0v) is 20.6. The molecule has 33 heavy (non-hydrogen) atoms. The molecule has 0 saturated heterocycles. The predicted molar refractivity (Wildman–Crippen MR) is 129 cm³/mol. The van der Waals surface area contributed by atoms with E-state index in [2.05, 4.69) is 0 Å². The predicted octanol–water partition coefficient (Wildman–Crippen LogP) is 4.46. The highest BCUT2D eigenvalue weighted by atomic mass is 32.2. The van der Waals surface area contributed by atoms with Crippen molar-refractivity contribution in [3.63, 3.8) is 0 Å². The number of sulfone groups is 1. The molecule has 1 heterocycles. The van der Waals surface area contributed by atoms with Crippen molar-refractivity contribution in [3.05, 3.63) is 58.5 Å². The molecule has 0 N–H and O–H groups in total. The first-order valence-corrected chi connectivity index (χ1v) is 12.8. The molecule has 0 aromatic heterocycles. The van der Waals surface area contributed by atoms with Crippen LogP contribution >= 0.6 is 0 Å². The van der Waals surface area contributed by atoms with Crippen molar-refractivity contribution in [2.24, 2.45) is 0 Å². The lowest BCUT2D eigenvalue weighted by atomic mass is 10.1. The van der Waals surface area contributed by atoms with Crippen LogP contribution in [0.1, 0.15) is 42.3 Å². The molecule has 1 aliphatic heterocycles. The quantitative estimate of drug-likeness (QED) is 0.535. The van der Waals surface area contributed by atoms with Crippen LogP contribution in [0.25, 0.3) is 0 Å². The van der Waals surface area contributed by atoms with Crippen molar-refractivity contribution in [1.82, 2.24) is 0 Å². The van der Waals surface area contributed by atoms with E-state index in [0.717, 1.165) is 11.1 Å². The normalized spacial score (nSPS) is 16.5. The van der Waals surface area contributed by atoms with Gasteiger partial charge in [0.25, 0.3) is 5.91 Å². The third-order valence-corrected chi connectivity index (χ3v) is 6.76. The zero-order valence-electron chi connectivity index (χ0n) is 19.8. The molecule has 7 nitrogen and oxygen atoms in total. The van der Waals surface area contributed by atoms with E-state index in [0.29, 0.717) is 48.3 Å². The molecule has 0 radical (unpaired) electrons. The van der Waals surface area contributed by atoms with E-state index < -0.39 is 15.9 Å². The van der Waals surface area contributed by atoms with Gasteiger partial charge in [-0.05, 0) is 76.1 Å². The Morgan fingerprint density at radius 1 is 0.939 bits per heavy atom. The van der Waals surface area contributed by atoms with Crippen LogP contribution in [-0.2, 0) is 9.84 Å². The molecule has 8 heteroatoms. The Morgan fingerprint density at radius 2 is 1.55 bits per heavy atom. The van der Waals surface area contributed by atoms with Crippen LogP contribution < -0.4 is 19.1 Å². The fourth-order valence-electron chi connectivity index (χ4n) is 3.71. The molecule has 1 amide bonds. The summed E-state index contributed by atoms with van der Waals surface area (Å²) in [5.41, 5.74) is 3.03. The minimum atomic E-state index is -3.37. The molecule has 0 bridgehead atoms. The van der Waals surface area contributed by atoms with Crippen molar-refractivity contribution in [3.8, 4) is 17.2 Å². The number of hydrogen-bond donors (Lipinski definition) is 0. The van der Waals surface area contributed by atoms with Gasteiger partial charge in [-0.1, -0.05) is 6.07 Å². The van der Waals surface area contributed by atoms with Crippen molar-refractivity contribution in [2.75, 3.05) is 30.5 Å². The van der Waals surface area contributed by atoms with Crippen LogP contribution in [0, 0.1) is 13.8 Å². The van der Waals surface area contributed by atoms with E-state index >= 15 is 0 Å². The lowest BCUT2D eigenvalue weighted by Gasteiger charge is -2.29. The van der Waals surface area contributed by atoms with Gasteiger partial charge in [0.05, 0.1) is 31.6 Å². The molecule has 0 saturated carbocycles. The summed E-state index contributed by atoms with van der Waals surface area (Å²) in [4.78, 5) is 15.4. The number of ether oxygens (including phenoxy) is 3. The first-order chi connectivity index (χ1) is 15.7. The first-order valence-electron chi connectivity index (χ1n) is 11.1. The van der Waals surface area contributed by atoms with E-state index in [1.165, 1.54) is 10.3 Å². The highest BCUT2D eigenvalue weighted by molar-refractivity contribution is 7.94. The number of nitrogens with zero attached hydrogens (tertiary/aromatic N) is 1. The monoisotopic (exact) mass is 473 g/mol. The standard InChI is InChI=1S/C25H31NO6S/c1-6-30-22-14-19(15-23(31-7-2)24(22)32-8-3)25(27)26(21-11-12-33(28,29)16-21)20-10-9-17(4)18(5)13-20/h9-15,21H,6-8,16H2,1-5H3/t21-/m0/s1. The van der Waals surface area contributed by atoms with Gasteiger partial charge in [-0.25, -0.2) is 8.42 Å². The lowest BCUT2D eigenvalue weighted by molar-refractivity contribution is 0.0982. The topological polar surface area (TPSA) is 82.1 Å². The highest BCUT2D eigenvalue weighted by Gasteiger charge is 2.33. The van der Waals surface area contributed by atoms with Gasteiger partial charge in [-0.15, -0.1) is 0 Å². The average Bonchev–Trinajstić information content (AvgIpc) is 3.12. The molecule has 3 rings (SSSR count). The number of benzene rings is 2. The number of carbonyl (C=O) groups is 1. The summed E-state index contributed by atoms with van der Waals surface area (Å²) >= 11 is 0. The first kappa shape index (κ1) is 24.6. The maximum Gasteiger partial charge on any atom is 0.259 e. The number of amides is 1. The Balaban J connectivity index is 2.13. The molecular formula is C25H31NO6S. The Morgan fingerprint density at radius 3 is 2.03 bits per heavy atom. The molecule has 0 fully saturated rings. The molecule has 1 atom stereocenters. The van der Waals surface area contributed by atoms with Gasteiger partial charge < -0.3 is 19.1 Å². The Bertz CT molecular complexity index is 1130. The number of anilines is 1. The fraction of sp³-hybridized carbons (Fsp3) is 0.400. The van der Waals surface area contributed by atoms with Crippen molar-refractivity contribution >= 4 is 21.4 Å². The van der Waals surface area contributed by atoms with E-state index in [9.17, 15) is 13.2 Å². The molecule has 0 spiro atoms. The van der Waals surface area contributed by atoms with Crippen LogP contribution in [0.5, 0.6) is 17.2 Å². The van der Waals surface area contributed by atoms with Crippen LogP contribution in [-0.4, -0.2) is 45.9 Å². The maximum atomic E-state index is 13.9. The van der Waals surface area contributed by atoms with Crippen molar-refractivity contribution < 1.29 is 27.4 Å². The van der Waals surface area contributed by atoms with Gasteiger partial charge in [0.15, 0.2) is 21.3 Å². The smallest absolute Gasteiger partial charge is 0.259 e. The van der Waals surface area contributed by atoms with E-state index in [1.54, 1.807) is 18.2 Å². The molecule has 178 valence electrons. The van der Waals surface area contributed by atoms with Gasteiger partial charge in [0, 0.05) is 16.7 Å². The molecular weight excluding hydrogens is 442 g/mol. The van der Waals surface area contributed by atoms with Gasteiger partial charge >= 0.3 is 0 Å². The average molecular weight is 474 g/mol. The van der Waals surface area contributed by atoms with Gasteiger partial charge in [-0.3, -0.25) is 4.79 Å². The summed E-state index contributed by atoms with van der Waals surface area (Å²) in [6, 6.07) is 8.28. The number of carbonyl (C=O) groups excluding carboxylic acids is 1. The number of hydrogen-bond acceptors (Lipinski definition) is 6. The Labute approximate surface area is 195 Å².